The van der Waals surface area contributed by atoms with Gasteiger partial charge >= 0.3 is 12.1 Å². The van der Waals surface area contributed by atoms with Crippen LogP contribution in [0.2, 0.25) is 0 Å². The van der Waals surface area contributed by atoms with Gasteiger partial charge in [0.2, 0.25) is 5.92 Å². The van der Waals surface area contributed by atoms with Crippen LogP contribution in [0.3, 0.4) is 0 Å². The lowest BCUT2D eigenvalue weighted by atomic mass is 9.99. The highest BCUT2D eigenvalue weighted by molar-refractivity contribution is 5.99. The molecule has 0 amide bonds. The van der Waals surface area contributed by atoms with Crippen molar-refractivity contribution in [1.82, 2.24) is 0 Å². The summed E-state index contributed by atoms with van der Waals surface area (Å²) >= 11 is 0. The Morgan fingerprint density at radius 2 is 1.81 bits per heavy atom. The first-order valence-electron chi connectivity index (χ1n) is 5.10. The second-order valence-corrected chi connectivity index (χ2v) is 3.30. The summed E-state index contributed by atoms with van der Waals surface area (Å²) < 4.78 is 41.6. The number of hydrogen-bond donors (Lipinski definition) is 0. The molecule has 1 atom stereocenters. The molecule has 0 aromatic carbocycles. The largest absolute Gasteiger partial charge is 0.465 e. The SMILES string of the molecule is CCCCC(=O)C(C(=O)OCC)C(F)(F)F. The minimum Gasteiger partial charge on any atom is -0.465 e. The maximum atomic E-state index is 12.4. The van der Waals surface area contributed by atoms with Crippen LogP contribution >= 0.6 is 0 Å². The third-order valence-electron chi connectivity index (χ3n) is 1.95. The van der Waals surface area contributed by atoms with Crippen molar-refractivity contribution in [2.75, 3.05) is 6.61 Å². The molecule has 16 heavy (non-hydrogen) atoms. The van der Waals surface area contributed by atoms with E-state index in [0.29, 0.717) is 12.8 Å². The Bertz CT molecular complexity index is 248. The first kappa shape index (κ1) is 14.9. The van der Waals surface area contributed by atoms with E-state index in [1.54, 1.807) is 6.92 Å². The molecule has 0 aromatic heterocycles. The molecule has 6 heteroatoms. The highest BCUT2D eigenvalue weighted by Gasteiger charge is 2.50. The van der Waals surface area contributed by atoms with Crippen LogP contribution in [0, 0.1) is 5.92 Å². The highest BCUT2D eigenvalue weighted by Crippen LogP contribution is 2.29. The first-order valence-corrected chi connectivity index (χ1v) is 5.10. The predicted molar refractivity (Wildman–Crippen MR) is 50.7 cm³/mol. The monoisotopic (exact) mass is 240 g/mol. The van der Waals surface area contributed by atoms with Crippen LogP contribution in [0.25, 0.3) is 0 Å². The van der Waals surface area contributed by atoms with Crippen molar-refractivity contribution in [1.29, 1.82) is 0 Å². The van der Waals surface area contributed by atoms with Crippen molar-refractivity contribution in [3.8, 4) is 0 Å². The lowest BCUT2D eigenvalue weighted by Gasteiger charge is -2.17. The molecule has 0 heterocycles. The van der Waals surface area contributed by atoms with Gasteiger partial charge in [-0.25, -0.2) is 0 Å². The van der Waals surface area contributed by atoms with E-state index in [-0.39, 0.29) is 13.0 Å². The van der Waals surface area contributed by atoms with Gasteiger partial charge in [0.15, 0.2) is 5.78 Å². The van der Waals surface area contributed by atoms with Crippen molar-refractivity contribution in [2.45, 2.75) is 39.3 Å². The number of unbranched alkanes of at least 4 members (excludes halogenated alkanes) is 1. The fourth-order valence-corrected chi connectivity index (χ4v) is 1.17. The standard InChI is InChI=1S/C10H15F3O3/c1-3-5-6-7(14)8(10(11,12)13)9(15)16-4-2/h8H,3-6H2,1-2H3. The van der Waals surface area contributed by atoms with Crippen molar-refractivity contribution in [3.05, 3.63) is 0 Å². The summed E-state index contributed by atoms with van der Waals surface area (Å²) in [6, 6.07) is 0. The number of carbonyl (C=O) groups is 2. The van der Waals surface area contributed by atoms with Gasteiger partial charge in [-0.05, 0) is 13.3 Å². The van der Waals surface area contributed by atoms with E-state index in [1.807, 2.05) is 0 Å². The molecule has 94 valence electrons. The van der Waals surface area contributed by atoms with Crippen molar-refractivity contribution >= 4 is 11.8 Å². The van der Waals surface area contributed by atoms with Gasteiger partial charge in [0.1, 0.15) is 0 Å². The van der Waals surface area contributed by atoms with E-state index in [4.69, 9.17) is 0 Å². The summed E-state index contributed by atoms with van der Waals surface area (Å²) in [5.41, 5.74) is 0. The average molecular weight is 240 g/mol. The zero-order valence-corrected chi connectivity index (χ0v) is 9.26. The summed E-state index contributed by atoms with van der Waals surface area (Å²) in [6.45, 7) is 2.97. The number of alkyl halides is 3. The lowest BCUT2D eigenvalue weighted by Crippen LogP contribution is -2.38. The van der Waals surface area contributed by atoms with Gasteiger partial charge in [-0.2, -0.15) is 13.2 Å². The molecular weight excluding hydrogens is 225 g/mol. The van der Waals surface area contributed by atoms with Gasteiger partial charge in [0, 0.05) is 6.42 Å². The molecule has 0 aliphatic heterocycles. The molecule has 0 aromatic rings. The second-order valence-electron chi connectivity index (χ2n) is 3.30. The molecule has 0 N–H and O–H groups in total. The number of Topliss-reactive ketones (excluding diaryl/α,β-unsaturated/α-hetero) is 1. The molecule has 0 bridgehead atoms. The number of ketones is 1. The third-order valence-corrected chi connectivity index (χ3v) is 1.95. The number of halogens is 3. The molecule has 0 radical (unpaired) electrons. The Morgan fingerprint density at radius 1 is 1.25 bits per heavy atom. The Labute approximate surface area is 92.0 Å². The molecule has 0 aliphatic rings. The first-order chi connectivity index (χ1) is 7.34. The summed E-state index contributed by atoms with van der Waals surface area (Å²) in [6.07, 6.45) is -4.18. The van der Waals surface area contributed by atoms with Crippen LogP contribution in [0.15, 0.2) is 0 Å². The summed E-state index contributed by atoms with van der Waals surface area (Å²) in [7, 11) is 0. The minimum atomic E-state index is -4.86. The predicted octanol–water partition coefficient (Wildman–Crippen LogP) is 2.49. The summed E-state index contributed by atoms with van der Waals surface area (Å²) in [5, 5.41) is 0. The van der Waals surface area contributed by atoms with Gasteiger partial charge in [-0.1, -0.05) is 13.3 Å². The van der Waals surface area contributed by atoms with Gasteiger partial charge < -0.3 is 4.74 Å². The van der Waals surface area contributed by atoms with Crippen LogP contribution in [0.5, 0.6) is 0 Å². The van der Waals surface area contributed by atoms with Gasteiger partial charge in [-0.15, -0.1) is 0 Å². The molecule has 0 saturated carbocycles. The van der Waals surface area contributed by atoms with Gasteiger partial charge in [0.25, 0.3) is 0 Å². The minimum absolute atomic E-state index is 0.174. The molecule has 3 nitrogen and oxygen atoms in total. The maximum absolute atomic E-state index is 12.4. The maximum Gasteiger partial charge on any atom is 0.409 e. The fourth-order valence-electron chi connectivity index (χ4n) is 1.17. The molecule has 0 saturated heterocycles. The van der Waals surface area contributed by atoms with Crippen molar-refractivity contribution < 1.29 is 27.5 Å². The number of esters is 1. The lowest BCUT2D eigenvalue weighted by molar-refractivity contribution is -0.197. The number of rotatable bonds is 6. The summed E-state index contributed by atoms with van der Waals surface area (Å²) in [4.78, 5) is 22.3. The average Bonchev–Trinajstić information content (AvgIpc) is 2.13. The summed E-state index contributed by atoms with van der Waals surface area (Å²) in [5.74, 6) is -5.25. The van der Waals surface area contributed by atoms with Gasteiger partial charge in [-0.3, -0.25) is 9.59 Å². The molecule has 0 spiro atoms. The molecule has 0 rings (SSSR count). The van der Waals surface area contributed by atoms with E-state index in [0.717, 1.165) is 0 Å². The topological polar surface area (TPSA) is 43.4 Å². The zero-order valence-electron chi connectivity index (χ0n) is 9.26. The Balaban J connectivity index is 4.68. The quantitative estimate of drug-likeness (QED) is 0.529. The molecule has 0 fully saturated rings. The van der Waals surface area contributed by atoms with Crippen molar-refractivity contribution in [2.24, 2.45) is 5.92 Å². The second kappa shape index (κ2) is 6.50. The number of ether oxygens (including phenoxy) is 1. The highest BCUT2D eigenvalue weighted by atomic mass is 19.4. The van der Waals surface area contributed by atoms with Crippen molar-refractivity contribution in [3.63, 3.8) is 0 Å². The van der Waals surface area contributed by atoms with Crippen LogP contribution in [0.4, 0.5) is 13.2 Å². The number of hydrogen-bond acceptors (Lipinski definition) is 3. The smallest absolute Gasteiger partial charge is 0.409 e. The molecular formula is C10H15F3O3. The van der Waals surface area contributed by atoms with Crippen LogP contribution < -0.4 is 0 Å². The number of carbonyl (C=O) groups excluding carboxylic acids is 2. The van der Waals surface area contributed by atoms with E-state index < -0.39 is 23.8 Å². The molecule has 0 aliphatic carbocycles. The fraction of sp³-hybridized carbons (Fsp3) is 0.800. The Hall–Kier alpha value is -1.07. The zero-order chi connectivity index (χ0) is 12.8. The van der Waals surface area contributed by atoms with Crippen LogP contribution in [-0.4, -0.2) is 24.5 Å². The Kier molecular flexibility index (Phi) is 6.06. The third kappa shape index (κ3) is 4.63. The molecule has 1 unspecified atom stereocenters. The van der Waals surface area contributed by atoms with Gasteiger partial charge in [0.05, 0.1) is 6.61 Å². The van der Waals surface area contributed by atoms with Crippen LogP contribution in [-0.2, 0) is 14.3 Å². The van der Waals surface area contributed by atoms with E-state index in [1.165, 1.54) is 6.92 Å². The normalized spacial score (nSPS) is 13.3. The van der Waals surface area contributed by atoms with E-state index in [2.05, 4.69) is 4.74 Å². The van der Waals surface area contributed by atoms with Crippen LogP contribution in [0.1, 0.15) is 33.1 Å². The Morgan fingerprint density at radius 3 is 2.19 bits per heavy atom. The van der Waals surface area contributed by atoms with E-state index in [9.17, 15) is 22.8 Å². The van der Waals surface area contributed by atoms with E-state index >= 15 is 0 Å².